The maximum Gasteiger partial charge on any atom is 0.166 e. The molecule has 2 heterocycles. The van der Waals surface area contributed by atoms with Gasteiger partial charge in [-0.3, -0.25) is 0 Å². The fourth-order valence-corrected chi connectivity index (χ4v) is 3.52. The van der Waals surface area contributed by atoms with Crippen LogP contribution in [0.2, 0.25) is 0 Å². The van der Waals surface area contributed by atoms with Crippen LogP contribution < -0.4 is 0 Å². The lowest BCUT2D eigenvalue weighted by molar-refractivity contribution is 0.375. The molecule has 0 aliphatic carbocycles. The van der Waals surface area contributed by atoms with Gasteiger partial charge in [0.1, 0.15) is 5.76 Å². The minimum absolute atomic E-state index is 0.975. The van der Waals surface area contributed by atoms with Crippen LogP contribution in [0.3, 0.4) is 0 Å². The highest BCUT2D eigenvalue weighted by atomic mass is 32.2. The summed E-state index contributed by atoms with van der Waals surface area (Å²) in [6.07, 6.45) is 7.26. The van der Waals surface area contributed by atoms with Gasteiger partial charge in [0.15, 0.2) is 5.16 Å². The Hall–Kier alpha value is -1.75. The Labute approximate surface area is 141 Å². The third-order valence-electron chi connectivity index (χ3n) is 3.85. The molecule has 0 aliphatic heterocycles. The Bertz CT molecular complexity index is 702. The number of nitrogens with zero attached hydrogens (tertiary/aromatic N) is 2. The Kier molecular flexibility index (Phi) is 5.75. The number of fused-ring (bicyclic) bond motifs is 1. The number of hydrogen-bond acceptors (Lipinski definition) is 4. The fourth-order valence-electron chi connectivity index (χ4n) is 2.63. The number of H-pyrrole nitrogens is 1. The lowest BCUT2D eigenvalue weighted by atomic mass is 10.1. The van der Waals surface area contributed by atoms with Crippen LogP contribution in [-0.2, 0) is 6.42 Å². The zero-order valence-electron chi connectivity index (χ0n) is 13.5. The third-order valence-corrected chi connectivity index (χ3v) is 4.81. The highest BCUT2D eigenvalue weighted by Gasteiger charge is 2.03. The molecule has 0 bridgehead atoms. The van der Waals surface area contributed by atoms with Gasteiger partial charge in [-0.25, -0.2) is 4.98 Å². The molecule has 5 heteroatoms. The van der Waals surface area contributed by atoms with Gasteiger partial charge in [0, 0.05) is 18.2 Å². The summed E-state index contributed by atoms with van der Waals surface area (Å²) in [4.78, 5) is 7.95. The summed E-state index contributed by atoms with van der Waals surface area (Å²) < 4.78 is 5.22. The minimum Gasteiger partial charge on any atom is -0.361 e. The molecular weight excluding hydrogens is 306 g/mol. The average Bonchev–Trinajstić information content (AvgIpc) is 3.15. The highest BCUT2D eigenvalue weighted by Crippen LogP contribution is 2.20. The topological polar surface area (TPSA) is 54.7 Å². The quantitative estimate of drug-likeness (QED) is 0.436. The molecule has 0 amide bonds. The summed E-state index contributed by atoms with van der Waals surface area (Å²) in [6, 6.07) is 10.2. The number of benzene rings is 1. The van der Waals surface area contributed by atoms with Gasteiger partial charge in [-0.05, 0) is 31.9 Å². The smallest absolute Gasteiger partial charge is 0.166 e. The second-order valence-electron chi connectivity index (χ2n) is 5.86. The zero-order chi connectivity index (χ0) is 15.9. The number of aromatic amines is 1. The molecule has 0 saturated heterocycles. The number of para-hydroxylation sites is 2. The number of nitrogens with one attached hydrogen (secondary N) is 1. The summed E-state index contributed by atoms with van der Waals surface area (Å²) in [7, 11) is 0. The largest absolute Gasteiger partial charge is 0.361 e. The normalized spacial score (nSPS) is 11.3. The lowest BCUT2D eigenvalue weighted by Gasteiger charge is -2.00. The number of hydrogen-bond donors (Lipinski definition) is 1. The molecule has 0 aliphatic rings. The van der Waals surface area contributed by atoms with E-state index in [1.165, 1.54) is 32.1 Å². The van der Waals surface area contributed by atoms with Crippen molar-refractivity contribution in [3.63, 3.8) is 0 Å². The van der Waals surface area contributed by atoms with Crippen LogP contribution in [0.25, 0.3) is 11.0 Å². The molecule has 2 aromatic heterocycles. The van der Waals surface area contributed by atoms with Gasteiger partial charge in [0.05, 0.1) is 16.7 Å². The van der Waals surface area contributed by atoms with Crippen molar-refractivity contribution in [3.8, 4) is 0 Å². The van der Waals surface area contributed by atoms with Gasteiger partial charge in [-0.15, -0.1) is 0 Å². The highest BCUT2D eigenvalue weighted by molar-refractivity contribution is 7.99. The number of unbranched alkanes of at least 4 members (excludes halogenated alkanes) is 4. The minimum atomic E-state index is 0.975. The molecule has 0 saturated carbocycles. The second-order valence-corrected chi connectivity index (χ2v) is 6.94. The first-order valence-electron chi connectivity index (χ1n) is 8.31. The van der Waals surface area contributed by atoms with Crippen molar-refractivity contribution in [2.75, 3.05) is 5.75 Å². The van der Waals surface area contributed by atoms with Crippen molar-refractivity contribution < 1.29 is 4.52 Å². The van der Waals surface area contributed by atoms with Crippen molar-refractivity contribution >= 4 is 22.8 Å². The molecule has 0 fully saturated rings. The molecule has 3 aromatic rings. The molecule has 0 unspecified atom stereocenters. The number of rotatable bonds is 9. The molecule has 4 nitrogen and oxygen atoms in total. The Morgan fingerprint density at radius 2 is 1.91 bits per heavy atom. The van der Waals surface area contributed by atoms with Crippen LogP contribution in [0.1, 0.15) is 43.6 Å². The molecule has 1 N–H and O–H groups in total. The van der Waals surface area contributed by atoms with E-state index in [9.17, 15) is 0 Å². The predicted molar refractivity (Wildman–Crippen MR) is 94.8 cm³/mol. The van der Waals surface area contributed by atoms with Crippen molar-refractivity contribution in [2.45, 2.75) is 50.6 Å². The average molecular weight is 329 g/mol. The van der Waals surface area contributed by atoms with E-state index in [0.29, 0.717) is 0 Å². The number of imidazole rings is 1. The first-order valence-corrected chi connectivity index (χ1v) is 9.29. The van der Waals surface area contributed by atoms with Crippen LogP contribution >= 0.6 is 11.8 Å². The van der Waals surface area contributed by atoms with E-state index in [1.807, 2.05) is 43.0 Å². The van der Waals surface area contributed by atoms with Gasteiger partial charge in [0.25, 0.3) is 0 Å². The van der Waals surface area contributed by atoms with Gasteiger partial charge in [-0.2, -0.15) is 0 Å². The third kappa shape index (κ3) is 4.86. The SMILES string of the molecule is Cc1cc(CCCCCCCSc2nc3ccccc3[nH]2)on1. The Morgan fingerprint density at radius 3 is 2.74 bits per heavy atom. The molecular formula is C18H23N3OS. The molecule has 23 heavy (non-hydrogen) atoms. The summed E-state index contributed by atoms with van der Waals surface area (Å²) in [5.74, 6) is 2.14. The maximum atomic E-state index is 5.22. The van der Waals surface area contributed by atoms with E-state index in [4.69, 9.17) is 4.52 Å². The van der Waals surface area contributed by atoms with Gasteiger partial charge < -0.3 is 9.51 Å². The fraction of sp³-hybridized carbons (Fsp3) is 0.444. The summed E-state index contributed by atoms with van der Waals surface area (Å²) in [5, 5.41) is 4.95. The van der Waals surface area contributed by atoms with Crippen LogP contribution in [-0.4, -0.2) is 20.9 Å². The van der Waals surface area contributed by atoms with Crippen LogP contribution in [0.15, 0.2) is 40.0 Å². The monoisotopic (exact) mass is 329 g/mol. The predicted octanol–water partition coefficient (Wildman–Crippen LogP) is 5.14. The first kappa shape index (κ1) is 16.1. The van der Waals surface area contributed by atoms with Gasteiger partial charge >= 0.3 is 0 Å². The van der Waals surface area contributed by atoms with Crippen molar-refractivity contribution in [1.82, 2.24) is 15.1 Å². The van der Waals surface area contributed by atoms with E-state index in [-0.39, 0.29) is 0 Å². The van der Waals surface area contributed by atoms with Crippen LogP contribution in [0.4, 0.5) is 0 Å². The van der Waals surface area contributed by atoms with E-state index >= 15 is 0 Å². The Morgan fingerprint density at radius 1 is 1.09 bits per heavy atom. The zero-order valence-corrected chi connectivity index (χ0v) is 14.4. The van der Waals surface area contributed by atoms with Crippen molar-refractivity contribution in [2.24, 2.45) is 0 Å². The molecule has 0 spiro atoms. The molecule has 0 radical (unpaired) electrons. The van der Waals surface area contributed by atoms with Crippen molar-refractivity contribution in [1.29, 1.82) is 0 Å². The summed E-state index contributed by atoms with van der Waals surface area (Å²) >= 11 is 1.82. The van der Waals surface area contributed by atoms with Crippen LogP contribution in [0.5, 0.6) is 0 Å². The number of aromatic nitrogens is 3. The first-order chi connectivity index (χ1) is 11.3. The van der Waals surface area contributed by atoms with Crippen molar-refractivity contribution in [3.05, 3.63) is 41.8 Å². The number of aryl methyl sites for hydroxylation is 2. The lowest BCUT2D eigenvalue weighted by Crippen LogP contribution is -1.86. The molecule has 1 aromatic carbocycles. The second kappa shape index (κ2) is 8.20. The van der Waals surface area contributed by atoms with E-state index in [1.54, 1.807) is 0 Å². The molecule has 122 valence electrons. The molecule has 0 atom stereocenters. The number of thioether (sulfide) groups is 1. The standard InChI is InChI=1S/C18H23N3OS/c1-14-13-15(22-21-14)9-5-3-2-4-8-12-23-18-19-16-10-6-7-11-17(16)20-18/h6-7,10-11,13H,2-5,8-9,12H2,1H3,(H,19,20). The van der Waals surface area contributed by atoms with Gasteiger partial charge in [-0.1, -0.05) is 48.3 Å². The Balaban J connectivity index is 1.25. The summed E-state index contributed by atoms with van der Waals surface area (Å²) in [6.45, 7) is 1.96. The maximum absolute atomic E-state index is 5.22. The molecule has 3 rings (SSSR count). The summed E-state index contributed by atoms with van der Waals surface area (Å²) in [5.41, 5.74) is 3.15. The van der Waals surface area contributed by atoms with E-state index < -0.39 is 0 Å². The van der Waals surface area contributed by atoms with Crippen LogP contribution in [0, 0.1) is 6.92 Å². The van der Waals surface area contributed by atoms with E-state index in [2.05, 4.69) is 21.2 Å². The van der Waals surface area contributed by atoms with Gasteiger partial charge in [0.2, 0.25) is 0 Å². The van der Waals surface area contributed by atoms with E-state index in [0.717, 1.165) is 39.8 Å².